The SMILES string of the molecule is CCOC(=O)c1ccc(-c2ccc3ccccc3c2S(N)(=O)=O)cc1. The topological polar surface area (TPSA) is 86.5 Å². The van der Waals surface area contributed by atoms with Gasteiger partial charge in [0.2, 0.25) is 10.0 Å². The molecule has 0 spiro atoms. The van der Waals surface area contributed by atoms with Crippen LogP contribution in [0.3, 0.4) is 0 Å². The van der Waals surface area contributed by atoms with Gasteiger partial charge in [-0.2, -0.15) is 0 Å². The molecule has 5 nitrogen and oxygen atoms in total. The largest absolute Gasteiger partial charge is 0.462 e. The second kappa shape index (κ2) is 6.66. The van der Waals surface area contributed by atoms with E-state index in [0.717, 1.165) is 5.39 Å². The number of benzene rings is 3. The molecule has 2 N–H and O–H groups in total. The van der Waals surface area contributed by atoms with E-state index < -0.39 is 16.0 Å². The van der Waals surface area contributed by atoms with Crippen LogP contribution in [0.15, 0.2) is 65.6 Å². The monoisotopic (exact) mass is 355 g/mol. The van der Waals surface area contributed by atoms with Gasteiger partial charge in [-0.1, -0.05) is 48.5 Å². The smallest absolute Gasteiger partial charge is 0.338 e. The normalized spacial score (nSPS) is 11.4. The fourth-order valence-electron chi connectivity index (χ4n) is 2.78. The van der Waals surface area contributed by atoms with Crippen LogP contribution < -0.4 is 5.14 Å². The summed E-state index contributed by atoms with van der Waals surface area (Å²) >= 11 is 0. The van der Waals surface area contributed by atoms with Crippen LogP contribution in [0.2, 0.25) is 0 Å². The summed E-state index contributed by atoms with van der Waals surface area (Å²) < 4.78 is 29.4. The number of hydrogen-bond donors (Lipinski definition) is 1. The van der Waals surface area contributed by atoms with E-state index in [9.17, 15) is 13.2 Å². The second-order valence-electron chi connectivity index (χ2n) is 5.51. The zero-order chi connectivity index (χ0) is 18.0. The molecule has 0 aliphatic rings. The van der Waals surface area contributed by atoms with Crippen molar-refractivity contribution in [3.63, 3.8) is 0 Å². The molecule has 0 amide bonds. The third kappa shape index (κ3) is 3.40. The van der Waals surface area contributed by atoms with E-state index in [-0.39, 0.29) is 4.90 Å². The highest BCUT2D eigenvalue weighted by atomic mass is 32.2. The predicted octanol–water partition coefficient (Wildman–Crippen LogP) is 3.33. The van der Waals surface area contributed by atoms with Crippen molar-refractivity contribution in [3.05, 3.63) is 66.2 Å². The van der Waals surface area contributed by atoms with Gasteiger partial charge in [-0.05, 0) is 30.0 Å². The highest BCUT2D eigenvalue weighted by Crippen LogP contribution is 2.33. The zero-order valence-electron chi connectivity index (χ0n) is 13.6. The van der Waals surface area contributed by atoms with E-state index in [0.29, 0.717) is 28.7 Å². The van der Waals surface area contributed by atoms with Crippen molar-refractivity contribution in [1.82, 2.24) is 0 Å². The lowest BCUT2D eigenvalue weighted by molar-refractivity contribution is 0.0526. The molecule has 3 aromatic rings. The molecule has 0 saturated carbocycles. The molecule has 128 valence electrons. The summed E-state index contributed by atoms with van der Waals surface area (Å²) in [6.45, 7) is 2.03. The molecule has 0 atom stereocenters. The first-order valence-electron chi connectivity index (χ1n) is 7.74. The van der Waals surface area contributed by atoms with Gasteiger partial charge in [0.25, 0.3) is 0 Å². The van der Waals surface area contributed by atoms with Crippen molar-refractivity contribution in [1.29, 1.82) is 0 Å². The van der Waals surface area contributed by atoms with Gasteiger partial charge in [0.1, 0.15) is 0 Å². The average molecular weight is 355 g/mol. The first kappa shape index (κ1) is 17.1. The third-order valence-corrected chi connectivity index (χ3v) is 4.88. The van der Waals surface area contributed by atoms with E-state index in [1.165, 1.54) is 0 Å². The van der Waals surface area contributed by atoms with E-state index in [2.05, 4.69) is 0 Å². The van der Waals surface area contributed by atoms with Gasteiger partial charge in [-0.15, -0.1) is 0 Å². The maximum Gasteiger partial charge on any atom is 0.338 e. The van der Waals surface area contributed by atoms with Crippen LogP contribution in [0.4, 0.5) is 0 Å². The van der Waals surface area contributed by atoms with Gasteiger partial charge in [0, 0.05) is 10.9 Å². The van der Waals surface area contributed by atoms with Gasteiger partial charge < -0.3 is 4.74 Å². The molecule has 0 radical (unpaired) electrons. The van der Waals surface area contributed by atoms with Crippen molar-refractivity contribution < 1.29 is 17.9 Å². The Bertz CT molecular complexity index is 1040. The summed E-state index contributed by atoms with van der Waals surface area (Å²) in [6.07, 6.45) is 0. The van der Waals surface area contributed by atoms with Crippen LogP contribution in [0.1, 0.15) is 17.3 Å². The molecule has 0 fully saturated rings. The van der Waals surface area contributed by atoms with E-state index >= 15 is 0 Å². The summed E-state index contributed by atoms with van der Waals surface area (Å²) in [5.41, 5.74) is 1.56. The molecule has 0 bridgehead atoms. The quantitative estimate of drug-likeness (QED) is 0.727. The van der Waals surface area contributed by atoms with Gasteiger partial charge in [-0.25, -0.2) is 18.4 Å². The minimum absolute atomic E-state index is 0.0782. The number of esters is 1. The minimum atomic E-state index is -3.93. The van der Waals surface area contributed by atoms with Crippen molar-refractivity contribution in [2.24, 2.45) is 5.14 Å². The molecular weight excluding hydrogens is 338 g/mol. The van der Waals surface area contributed by atoms with Gasteiger partial charge in [-0.3, -0.25) is 0 Å². The maximum absolute atomic E-state index is 12.2. The van der Waals surface area contributed by atoms with Gasteiger partial charge in [0.15, 0.2) is 0 Å². The van der Waals surface area contributed by atoms with Crippen LogP contribution in [-0.2, 0) is 14.8 Å². The molecule has 0 aromatic heterocycles. The standard InChI is InChI=1S/C19H17NO4S/c1-2-24-19(21)15-9-7-14(8-10-15)17-12-11-13-5-3-4-6-16(13)18(17)25(20,22)23/h3-12H,2H2,1H3,(H2,20,22,23). The molecule has 0 heterocycles. The molecule has 3 rings (SSSR count). The first-order chi connectivity index (χ1) is 11.9. The number of hydrogen-bond acceptors (Lipinski definition) is 4. The molecule has 25 heavy (non-hydrogen) atoms. The summed E-state index contributed by atoms with van der Waals surface area (Å²) in [5.74, 6) is -0.417. The Morgan fingerprint density at radius 2 is 1.68 bits per heavy atom. The molecule has 0 unspecified atom stereocenters. The number of fused-ring (bicyclic) bond motifs is 1. The number of carbonyl (C=O) groups excluding carboxylic acids is 1. The fraction of sp³-hybridized carbons (Fsp3) is 0.105. The highest BCUT2D eigenvalue weighted by molar-refractivity contribution is 7.89. The van der Waals surface area contributed by atoms with E-state index in [1.54, 1.807) is 49.4 Å². The Morgan fingerprint density at radius 1 is 1.00 bits per heavy atom. The van der Waals surface area contributed by atoms with Crippen LogP contribution in [-0.4, -0.2) is 21.0 Å². The Kier molecular flexibility index (Phi) is 4.57. The molecule has 0 aliphatic heterocycles. The summed E-state index contributed by atoms with van der Waals surface area (Å²) in [7, 11) is -3.93. The van der Waals surface area contributed by atoms with Crippen molar-refractivity contribution in [3.8, 4) is 11.1 Å². The molecule has 0 aliphatic carbocycles. The Labute approximate surface area is 146 Å². The number of ether oxygens (including phenoxy) is 1. The average Bonchev–Trinajstić information content (AvgIpc) is 2.60. The summed E-state index contributed by atoms with van der Waals surface area (Å²) in [6, 6.07) is 17.3. The molecule has 3 aromatic carbocycles. The van der Waals surface area contributed by atoms with Crippen molar-refractivity contribution in [2.75, 3.05) is 6.61 Å². The minimum Gasteiger partial charge on any atom is -0.462 e. The number of nitrogens with two attached hydrogens (primary N) is 1. The Balaban J connectivity index is 2.17. The van der Waals surface area contributed by atoms with E-state index in [1.807, 2.05) is 18.2 Å². The molecular formula is C19H17NO4S. The van der Waals surface area contributed by atoms with Crippen LogP contribution in [0.5, 0.6) is 0 Å². The Morgan fingerprint density at radius 3 is 2.32 bits per heavy atom. The molecule has 0 saturated heterocycles. The first-order valence-corrected chi connectivity index (χ1v) is 9.28. The van der Waals surface area contributed by atoms with Crippen LogP contribution >= 0.6 is 0 Å². The second-order valence-corrected chi connectivity index (χ2v) is 7.00. The lowest BCUT2D eigenvalue weighted by Crippen LogP contribution is -2.14. The van der Waals surface area contributed by atoms with Crippen LogP contribution in [0, 0.1) is 0 Å². The van der Waals surface area contributed by atoms with Crippen LogP contribution in [0.25, 0.3) is 21.9 Å². The van der Waals surface area contributed by atoms with Gasteiger partial charge in [0.05, 0.1) is 17.1 Å². The summed E-state index contributed by atoms with van der Waals surface area (Å²) in [4.78, 5) is 11.8. The number of primary sulfonamides is 1. The zero-order valence-corrected chi connectivity index (χ0v) is 14.4. The maximum atomic E-state index is 12.2. The lowest BCUT2D eigenvalue weighted by atomic mass is 10.00. The number of carbonyl (C=O) groups is 1. The molecule has 6 heteroatoms. The van der Waals surface area contributed by atoms with Crippen molar-refractivity contribution in [2.45, 2.75) is 11.8 Å². The van der Waals surface area contributed by atoms with E-state index in [4.69, 9.17) is 9.88 Å². The fourth-order valence-corrected chi connectivity index (χ4v) is 3.76. The van der Waals surface area contributed by atoms with Gasteiger partial charge >= 0.3 is 5.97 Å². The predicted molar refractivity (Wildman–Crippen MR) is 96.7 cm³/mol. The van der Waals surface area contributed by atoms with Crippen molar-refractivity contribution >= 4 is 26.8 Å². The summed E-state index contributed by atoms with van der Waals surface area (Å²) in [5, 5.41) is 6.83. The lowest BCUT2D eigenvalue weighted by Gasteiger charge is -2.12. The number of rotatable bonds is 4. The highest BCUT2D eigenvalue weighted by Gasteiger charge is 2.19. The Hall–Kier alpha value is -2.70. The number of sulfonamides is 1. The third-order valence-electron chi connectivity index (χ3n) is 3.87.